The summed E-state index contributed by atoms with van der Waals surface area (Å²) in [6, 6.07) is 19.8. The number of benzene rings is 3. The number of hydrogen-bond donors (Lipinski definition) is 0. The molecule has 6 nitrogen and oxygen atoms in total. The van der Waals surface area contributed by atoms with Gasteiger partial charge in [0.15, 0.2) is 11.5 Å². The van der Waals surface area contributed by atoms with Crippen LogP contribution in [0.2, 0.25) is 5.02 Å². The SMILES string of the molecule is CCCCOc1ccc(C2Oc3ccc(Cl)cc3C3CC(c4ccc(OCC)cc4)=NN32)cc1OC. The van der Waals surface area contributed by atoms with E-state index in [1.807, 2.05) is 60.5 Å². The maximum Gasteiger partial charge on any atom is 0.214 e. The van der Waals surface area contributed by atoms with Gasteiger partial charge >= 0.3 is 0 Å². The van der Waals surface area contributed by atoms with Crippen molar-refractivity contribution in [3.05, 3.63) is 82.4 Å². The monoisotopic (exact) mass is 506 g/mol. The molecule has 0 saturated carbocycles. The van der Waals surface area contributed by atoms with Gasteiger partial charge in [0, 0.05) is 22.6 Å². The summed E-state index contributed by atoms with van der Waals surface area (Å²) >= 11 is 6.37. The van der Waals surface area contributed by atoms with Crippen LogP contribution in [0.1, 0.15) is 62.1 Å². The molecule has 2 aliphatic rings. The molecule has 3 aromatic carbocycles. The van der Waals surface area contributed by atoms with Crippen molar-refractivity contribution < 1.29 is 18.9 Å². The molecule has 2 unspecified atom stereocenters. The Bertz CT molecular complexity index is 1240. The standard InChI is InChI=1S/C29H31ClN2O4/c1-4-6-15-35-27-13-9-20(16-28(27)33-3)29-32-25(23-17-21(30)10-14-26(23)36-29)18-24(31-32)19-7-11-22(12-8-19)34-5-2/h7-14,16-17,25,29H,4-6,15,18H2,1-3H3. The van der Waals surface area contributed by atoms with Gasteiger partial charge in [-0.3, -0.25) is 0 Å². The summed E-state index contributed by atoms with van der Waals surface area (Å²) < 4.78 is 23.7. The lowest BCUT2D eigenvalue weighted by molar-refractivity contribution is -0.0191. The molecule has 188 valence electrons. The van der Waals surface area contributed by atoms with Gasteiger partial charge in [-0.15, -0.1) is 0 Å². The van der Waals surface area contributed by atoms with E-state index in [4.69, 9.17) is 35.6 Å². The molecule has 0 spiro atoms. The van der Waals surface area contributed by atoms with Gasteiger partial charge in [-0.25, -0.2) is 5.01 Å². The third kappa shape index (κ3) is 4.82. The van der Waals surface area contributed by atoms with E-state index in [1.165, 1.54) is 0 Å². The van der Waals surface area contributed by atoms with Crippen molar-refractivity contribution in [3.8, 4) is 23.0 Å². The fourth-order valence-corrected chi connectivity index (χ4v) is 4.83. The maximum atomic E-state index is 6.50. The van der Waals surface area contributed by atoms with Crippen molar-refractivity contribution in [2.24, 2.45) is 5.10 Å². The van der Waals surface area contributed by atoms with Gasteiger partial charge in [0.2, 0.25) is 6.23 Å². The van der Waals surface area contributed by atoms with Crippen molar-refractivity contribution in [1.29, 1.82) is 0 Å². The summed E-state index contributed by atoms with van der Waals surface area (Å²) in [5.41, 5.74) is 4.04. The Hall–Kier alpha value is -3.38. The van der Waals surface area contributed by atoms with Gasteiger partial charge in [-0.1, -0.05) is 24.9 Å². The lowest BCUT2D eigenvalue weighted by Gasteiger charge is -2.38. The molecule has 7 heteroatoms. The fraction of sp³-hybridized carbons (Fsp3) is 0.345. The van der Waals surface area contributed by atoms with E-state index in [2.05, 4.69) is 19.1 Å². The molecule has 5 rings (SSSR count). The average molecular weight is 507 g/mol. The van der Waals surface area contributed by atoms with Gasteiger partial charge in [0.1, 0.15) is 11.5 Å². The summed E-state index contributed by atoms with van der Waals surface area (Å²) in [7, 11) is 1.66. The van der Waals surface area contributed by atoms with Crippen LogP contribution in [-0.2, 0) is 0 Å². The molecule has 0 amide bonds. The van der Waals surface area contributed by atoms with Crippen molar-refractivity contribution >= 4 is 17.3 Å². The van der Waals surface area contributed by atoms with Crippen LogP contribution < -0.4 is 18.9 Å². The van der Waals surface area contributed by atoms with E-state index >= 15 is 0 Å². The predicted octanol–water partition coefficient (Wildman–Crippen LogP) is 7.17. The van der Waals surface area contributed by atoms with Gasteiger partial charge < -0.3 is 18.9 Å². The lowest BCUT2D eigenvalue weighted by Crippen LogP contribution is -2.33. The van der Waals surface area contributed by atoms with Crippen molar-refractivity contribution in [3.63, 3.8) is 0 Å². The molecule has 2 heterocycles. The average Bonchev–Trinajstić information content (AvgIpc) is 3.35. The van der Waals surface area contributed by atoms with Crippen LogP contribution >= 0.6 is 11.6 Å². The van der Waals surface area contributed by atoms with Crippen LogP contribution in [0.4, 0.5) is 0 Å². The van der Waals surface area contributed by atoms with Crippen LogP contribution in [0.15, 0.2) is 65.8 Å². The van der Waals surface area contributed by atoms with Crippen LogP contribution in [-0.4, -0.2) is 31.0 Å². The van der Waals surface area contributed by atoms with Gasteiger partial charge in [-0.2, -0.15) is 5.10 Å². The minimum Gasteiger partial charge on any atom is -0.494 e. The van der Waals surface area contributed by atoms with Crippen LogP contribution in [0.3, 0.4) is 0 Å². The van der Waals surface area contributed by atoms with Gasteiger partial charge in [-0.05, 0) is 79.6 Å². The predicted molar refractivity (Wildman–Crippen MR) is 142 cm³/mol. The Kier molecular flexibility index (Phi) is 7.23. The zero-order chi connectivity index (χ0) is 25.1. The van der Waals surface area contributed by atoms with E-state index in [0.717, 1.165) is 58.9 Å². The second-order valence-corrected chi connectivity index (χ2v) is 9.31. The van der Waals surface area contributed by atoms with Gasteiger partial charge in [0.25, 0.3) is 0 Å². The van der Waals surface area contributed by atoms with E-state index in [-0.39, 0.29) is 6.04 Å². The number of hydrogen-bond acceptors (Lipinski definition) is 6. The Labute approximate surface area is 217 Å². The van der Waals surface area contributed by atoms with Crippen LogP contribution in [0.25, 0.3) is 0 Å². The number of halogens is 1. The fourth-order valence-electron chi connectivity index (χ4n) is 4.65. The number of fused-ring (bicyclic) bond motifs is 3. The topological polar surface area (TPSA) is 52.5 Å². The highest BCUT2D eigenvalue weighted by atomic mass is 35.5. The zero-order valence-electron chi connectivity index (χ0n) is 20.9. The molecule has 0 aliphatic carbocycles. The normalized spacial score (nSPS) is 18.1. The summed E-state index contributed by atoms with van der Waals surface area (Å²) in [6.07, 6.45) is 2.40. The first-order valence-corrected chi connectivity index (χ1v) is 12.8. The zero-order valence-corrected chi connectivity index (χ0v) is 21.6. The van der Waals surface area contributed by atoms with Crippen molar-refractivity contribution in [1.82, 2.24) is 5.01 Å². The molecule has 2 atom stereocenters. The van der Waals surface area contributed by atoms with E-state index < -0.39 is 6.23 Å². The molecule has 0 N–H and O–H groups in total. The minimum atomic E-state index is -0.414. The number of hydrazone groups is 1. The summed E-state index contributed by atoms with van der Waals surface area (Å²) in [4.78, 5) is 0. The smallest absolute Gasteiger partial charge is 0.214 e. The van der Waals surface area contributed by atoms with Crippen molar-refractivity contribution in [2.75, 3.05) is 20.3 Å². The molecule has 0 bridgehead atoms. The molecule has 0 saturated heterocycles. The largest absolute Gasteiger partial charge is 0.494 e. The first-order chi connectivity index (χ1) is 17.6. The summed E-state index contributed by atoms with van der Waals surface area (Å²) in [6.45, 7) is 5.42. The molecular weight excluding hydrogens is 476 g/mol. The third-order valence-corrected chi connectivity index (χ3v) is 6.71. The number of unbranched alkanes of at least 4 members (excludes halogenated alkanes) is 1. The summed E-state index contributed by atoms with van der Waals surface area (Å²) in [5, 5.41) is 7.77. The summed E-state index contributed by atoms with van der Waals surface area (Å²) in [5.74, 6) is 3.08. The van der Waals surface area contributed by atoms with Crippen molar-refractivity contribution in [2.45, 2.75) is 45.4 Å². The van der Waals surface area contributed by atoms with E-state index in [1.54, 1.807) is 7.11 Å². The first-order valence-electron chi connectivity index (χ1n) is 12.5. The molecule has 0 radical (unpaired) electrons. The third-order valence-electron chi connectivity index (χ3n) is 6.48. The van der Waals surface area contributed by atoms with Crippen LogP contribution in [0, 0.1) is 0 Å². The molecule has 2 aliphatic heterocycles. The van der Waals surface area contributed by atoms with E-state index in [0.29, 0.717) is 24.0 Å². The number of rotatable bonds is 9. The maximum absolute atomic E-state index is 6.50. The van der Waals surface area contributed by atoms with Crippen LogP contribution in [0.5, 0.6) is 23.0 Å². The molecule has 0 aromatic heterocycles. The second kappa shape index (κ2) is 10.7. The molecule has 3 aromatic rings. The molecular formula is C29H31ClN2O4. The quantitative estimate of drug-likeness (QED) is 0.288. The highest BCUT2D eigenvalue weighted by Gasteiger charge is 2.41. The number of ether oxygens (including phenoxy) is 4. The highest BCUT2D eigenvalue weighted by molar-refractivity contribution is 6.30. The first kappa shape index (κ1) is 24.3. The second-order valence-electron chi connectivity index (χ2n) is 8.87. The minimum absolute atomic E-state index is 0.00509. The Morgan fingerprint density at radius 1 is 1.00 bits per heavy atom. The highest BCUT2D eigenvalue weighted by Crippen LogP contribution is 2.49. The number of methoxy groups -OCH3 is 1. The van der Waals surface area contributed by atoms with Gasteiger partial charge in [0.05, 0.1) is 32.1 Å². The lowest BCUT2D eigenvalue weighted by atomic mass is 9.96. The van der Waals surface area contributed by atoms with E-state index in [9.17, 15) is 0 Å². The molecule has 36 heavy (non-hydrogen) atoms. The Balaban J connectivity index is 1.50. The Morgan fingerprint density at radius 3 is 2.58 bits per heavy atom. The Morgan fingerprint density at radius 2 is 1.83 bits per heavy atom. The molecule has 0 fully saturated rings. The number of nitrogens with zero attached hydrogens (tertiary/aromatic N) is 2.